The van der Waals surface area contributed by atoms with E-state index >= 15 is 0 Å². The van der Waals surface area contributed by atoms with Crippen LogP contribution in [0, 0.1) is 0 Å². The van der Waals surface area contributed by atoms with Crippen molar-refractivity contribution in [3.05, 3.63) is 78.4 Å². The maximum Gasteiger partial charge on any atom is 0.160 e. The average molecular weight is 405 g/mol. The maximum absolute atomic E-state index is 5.45. The van der Waals surface area contributed by atoms with Gasteiger partial charge in [-0.05, 0) is 42.8 Å². The minimum atomic E-state index is -0.00712. The highest BCUT2D eigenvalue weighted by molar-refractivity contribution is 8.14. The predicted molar refractivity (Wildman–Crippen MR) is 118 cm³/mol. The Kier molecular flexibility index (Phi) is 4.79. The lowest BCUT2D eigenvalue weighted by molar-refractivity contribution is 0.249. The lowest BCUT2D eigenvalue weighted by Crippen LogP contribution is -2.36. The lowest BCUT2D eigenvalue weighted by atomic mass is 9.99. The Balaban J connectivity index is 1.62. The zero-order valence-corrected chi connectivity index (χ0v) is 17.4. The van der Waals surface area contributed by atoms with Crippen molar-refractivity contribution in [2.24, 2.45) is 4.99 Å². The van der Waals surface area contributed by atoms with Crippen LogP contribution in [0.5, 0.6) is 5.75 Å². The summed E-state index contributed by atoms with van der Waals surface area (Å²) >= 11 is 1.87. The number of fused-ring (bicyclic) bond motifs is 1. The Bertz CT molecular complexity index is 1030. The summed E-state index contributed by atoms with van der Waals surface area (Å²) in [6.45, 7) is 2.26. The molecule has 1 aromatic carbocycles. The van der Waals surface area contributed by atoms with Crippen LogP contribution in [-0.2, 0) is 0 Å². The Labute approximate surface area is 175 Å². The monoisotopic (exact) mass is 404 g/mol. The number of amidine groups is 1. The molecule has 1 saturated heterocycles. The number of aliphatic imine (C=N–C) groups is 1. The van der Waals surface area contributed by atoms with Gasteiger partial charge in [-0.1, -0.05) is 30.8 Å². The third-order valence-electron chi connectivity index (χ3n) is 5.74. The Morgan fingerprint density at radius 3 is 2.86 bits per heavy atom. The topological polar surface area (TPSA) is 42.6 Å². The molecule has 2 aliphatic heterocycles. The van der Waals surface area contributed by atoms with Crippen molar-refractivity contribution >= 4 is 16.9 Å². The number of hydrogen-bond acceptors (Lipinski definition) is 5. The summed E-state index contributed by atoms with van der Waals surface area (Å²) in [7, 11) is 1.71. The molecule has 4 heterocycles. The van der Waals surface area contributed by atoms with E-state index in [1.807, 2.05) is 36.2 Å². The van der Waals surface area contributed by atoms with E-state index in [0.29, 0.717) is 6.04 Å². The molecule has 1 fully saturated rings. The lowest BCUT2D eigenvalue weighted by Gasteiger charge is -2.32. The van der Waals surface area contributed by atoms with Crippen molar-refractivity contribution in [3.63, 3.8) is 0 Å². The number of hydrogen-bond donors (Lipinski definition) is 0. The number of nitrogens with zero attached hydrogens (tertiary/aromatic N) is 4. The third-order valence-corrected chi connectivity index (χ3v) is 6.87. The zero-order valence-electron chi connectivity index (χ0n) is 16.6. The van der Waals surface area contributed by atoms with Gasteiger partial charge in [-0.3, -0.25) is 9.98 Å². The first-order valence-electron chi connectivity index (χ1n) is 10.0. The van der Waals surface area contributed by atoms with Crippen molar-refractivity contribution < 1.29 is 4.74 Å². The van der Waals surface area contributed by atoms with Gasteiger partial charge in [0.15, 0.2) is 5.17 Å². The predicted octanol–water partition coefficient (Wildman–Crippen LogP) is 4.86. The van der Waals surface area contributed by atoms with Gasteiger partial charge in [-0.2, -0.15) is 0 Å². The molecule has 0 N–H and O–H groups in total. The second-order valence-corrected chi connectivity index (χ2v) is 8.33. The Morgan fingerprint density at radius 2 is 2.07 bits per heavy atom. The second-order valence-electron chi connectivity index (χ2n) is 7.34. The highest BCUT2D eigenvalue weighted by atomic mass is 32.2. The van der Waals surface area contributed by atoms with E-state index in [9.17, 15) is 0 Å². The summed E-state index contributed by atoms with van der Waals surface area (Å²) in [6, 6.07) is 19.3. The van der Waals surface area contributed by atoms with E-state index < -0.39 is 0 Å². The number of rotatable bonds is 5. The van der Waals surface area contributed by atoms with E-state index in [4.69, 9.17) is 9.73 Å². The molecular weight excluding hydrogens is 380 g/mol. The molecule has 0 bridgehead atoms. The van der Waals surface area contributed by atoms with Crippen LogP contribution < -0.4 is 4.74 Å². The van der Waals surface area contributed by atoms with Gasteiger partial charge in [0.25, 0.3) is 0 Å². The maximum atomic E-state index is 5.45. The molecule has 0 saturated carbocycles. The van der Waals surface area contributed by atoms with Crippen LogP contribution in [0.2, 0.25) is 0 Å². The fourth-order valence-corrected chi connectivity index (χ4v) is 5.64. The molecule has 2 aromatic heterocycles. The SMILES string of the molecule is CC[C@H]1CSC2=N[C@@H](c3ccccn3)[C@@H](c3cccn3-c3cccc(OC)c3)N21. The number of benzene rings is 1. The van der Waals surface area contributed by atoms with Crippen molar-refractivity contribution in [2.45, 2.75) is 31.5 Å². The molecule has 0 amide bonds. The minimum absolute atomic E-state index is 0.00712. The van der Waals surface area contributed by atoms with Gasteiger partial charge < -0.3 is 14.2 Å². The van der Waals surface area contributed by atoms with Gasteiger partial charge in [0.05, 0.1) is 12.8 Å². The van der Waals surface area contributed by atoms with Crippen LogP contribution in [0.25, 0.3) is 5.69 Å². The van der Waals surface area contributed by atoms with Gasteiger partial charge >= 0.3 is 0 Å². The molecule has 0 aliphatic carbocycles. The summed E-state index contributed by atoms with van der Waals surface area (Å²) in [5, 5.41) is 1.15. The van der Waals surface area contributed by atoms with Crippen molar-refractivity contribution in [3.8, 4) is 11.4 Å². The molecule has 5 rings (SSSR count). The molecular formula is C23H24N4OS. The fourth-order valence-electron chi connectivity index (χ4n) is 4.30. The Morgan fingerprint density at radius 1 is 1.14 bits per heavy atom. The standard InChI is InChI=1S/C23H24N4OS/c1-3-16-15-29-23-25-21(19-10-4-5-12-24-19)22(27(16)23)20-11-7-13-26(20)17-8-6-9-18(14-17)28-2/h4-14,16,21-22H,3,15H2,1-2H3/t16-,21-,22+/m0/s1. The van der Waals surface area contributed by atoms with Gasteiger partial charge in [-0.25, -0.2) is 0 Å². The quantitative estimate of drug-likeness (QED) is 0.609. The van der Waals surface area contributed by atoms with Gasteiger partial charge in [-0.15, -0.1) is 0 Å². The molecule has 148 valence electrons. The van der Waals surface area contributed by atoms with E-state index in [-0.39, 0.29) is 12.1 Å². The third kappa shape index (κ3) is 3.12. The van der Waals surface area contributed by atoms with E-state index in [0.717, 1.165) is 34.5 Å². The number of thioether (sulfide) groups is 1. The van der Waals surface area contributed by atoms with E-state index in [1.54, 1.807) is 7.11 Å². The summed E-state index contributed by atoms with van der Waals surface area (Å²) in [6.07, 6.45) is 5.10. The first kappa shape index (κ1) is 18.3. The summed E-state index contributed by atoms with van der Waals surface area (Å²) in [4.78, 5) is 12.3. The highest BCUT2D eigenvalue weighted by Gasteiger charge is 2.46. The smallest absolute Gasteiger partial charge is 0.160 e. The summed E-state index contributed by atoms with van der Waals surface area (Å²) in [5.41, 5.74) is 3.35. The number of aromatic nitrogens is 2. The normalized spacial score (nSPS) is 23.2. The van der Waals surface area contributed by atoms with Gasteiger partial charge in [0.1, 0.15) is 17.8 Å². The van der Waals surface area contributed by atoms with Crippen LogP contribution >= 0.6 is 11.8 Å². The van der Waals surface area contributed by atoms with Crippen LogP contribution in [0.3, 0.4) is 0 Å². The van der Waals surface area contributed by atoms with Crippen molar-refractivity contribution in [1.29, 1.82) is 0 Å². The van der Waals surface area contributed by atoms with E-state index in [2.05, 4.69) is 64.0 Å². The number of methoxy groups -OCH3 is 1. The number of pyridine rings is 1. The largest absolute Gasteiger partial charge is 0.497 e. The zero-order chi connectivity index (χ0) is 19.8. The molecule has 0 unspecified atom stereocenters. The average Bonchev–Trinajstić information content (AvgIpc) is 3.49. The molecule has 29 heavy (non-hydrogen) atoms. The van der Waals surface area contributed by atoms with Crippen LogP contribution in [0.1, 0.15) is 36.8 Å². The summed E-state index contributed by atoms with van der Waals surface area (Å²) in [5.74, 6) is 1.95. The van der Waals surface area contributed by atoms with Crippen molar-refractivity contribution in [2.75, 3.05) is 12.9 Å². The highest BCUT2D eigenvalue weighted by Crippen LogP contribution is 2.48. The molecule has 2 aliphatic rings. The molecule has 3 atom stereocenters. The molecule has 6 heteroatoms. The first-order chi connectivity index (χ1) is 14.3. The van der Waals surface area contributed by atoms with Crippen LogP contribution in [0.4, 0.5) is 0 Å². The molecule has 0 radical (unpaired) electrons. The fraction of sp³-hybridized carbons (Fsp3) is 0.304. The van der Waals surface area contributed by atoms with Crippen LogP contribution in [0.15, 0.2) is 72.0 Å². The van der Waals surface area contributed by atoms with Gasteiger partial charge in [0.2, 0.25) is 0 Å². The van der Waals surface area contributed by atoms with Gasteiger partial charge in [0, 0.05) is 41.6 Å². The minimum Gasteiger partial charge on any atom is -0.497 e. The number of ether oxygens (including phenoxy) is 1. The second kappa shape index (κ2) is 7.59. The Hall–Kier alpha value is -2.73. The molecule has 3 aromatic rings. The van der Waals surface area contributed by atoms with Crippen LogP contribution in [-0.4, -0.2) is 38.5 Å². The first-order valence-corrected chi connectivity index (χ1v) is 11.0. The van der Waals surface area contributed by atoms with E-state index in [1.165, 1.54) is 5.69 Å². The summed E-state index contributed by atoms with van der Waals surface area (Å²) < 4.78 is 7.71. The van der Waals surface area contributed by atoms with Crippen molar-refractivity contribution in [1.82, 2.24) is 14.5 Å². The molecule has 5 nitrogen and oxygen atoms in total. The molecule has 0 spiro atoms.